The van der Waals surface area contributed by atoms with Gasteiger partial charge in [0.15, 0.2) is 5.16 Å². The van der Waals surface area contributed by atoms with E-state index in [1.165, 1.54) is 0 Å². The van der Waals surface area contributed by atoms with Gasteiger partial charge in [-0.3, -0.25) is 14.3 Å². The van der Waals surface area contributed by atoms with Crippen molar-refractivity contribution in [1.29, 1.82) is 0 Å². The lowest BCUT2D eigenvalue weighted by Crippen LogP contribution is -2.22. The van der Waals surface area contributed by atoms with Gasteiger partial charge < -0.3 is 0 Å². The summed E-state index contributed by atoms with van der Waals surface area (Å²) in [5, 5.41) is 1.36. The Hall–Kier alpha value is -2.70. The van der Waals surface area contributed by atoms with E-state index in [4.69, 9.17) is 4.98 Å². The van der Waals surface area contributed by atoms with Crippen LogP contribution in [0.3, 0.4) is 0 Å². The topological polar surface area (TPSA) is 47.8 Å². The number of rotatable bonds is 6. The minimum atomic E-state index is -0.0213. The maximum atomic E-state index is 13.1. The number of fused-ring (bicyclic) bond motifs is 1. The molecule has 0 saturated heterocycles. The van der Waals surface area contributed by atoms with Crippen LogP contribution in [0.1, 0.15) is 5.56 Å². The Kier molecular flexibility index (Phi) is 5.18. The molecule has 0 aliphatic carbocycles. The highest BCUT2D eigenvalue weighted by molar-refractivity contribution is 7.98. The second-order valence-corrected chi connectivity index (χ2v) is 7.92. The number of thioether (sulfide) groups is 1. The number of aromatic nitrogens is 3. The van der Waals surface area contributed by atoms with Crippen LogP contribution >= 0.6 is 23.1 Å². The van der Waals surface area contributed by atoms with E-state index in [2.05, 4.69) is 11.6 Å². The molecular weight excluding hydrogens is 374 g/mol. The second kappa shape index (κ2) is 7.90. The third kappa shape index (κ3) is 3.72. The van der Waals surface area contributed by atoms with Crippen molar-refractivity contribution in [3.63, 3.8) is 0 Å². The highest BCUT2D eigenvalue weighted by atomic mass is 32.2. The highest BCUT2D eigenvalue weighted by Gasteiger charge is 2.15. The smallest absolute Gasteiger partial charge is 0.263 e. The van der Waals surface area contributed by atoms with Crippen molar-refractivity contribution in [2.45, 2.75) is 17.5 Å². The fourth-order valence-electron chi connectivity index (χ4n) is 2.77. The first-order valence-electron chi connectivity index (χ1n) is 8.48. The number of thiophene rings is 1. The average molecular weight is 392 g/mol. The van der Waals surface area contributed by atoms with Gasteiger partial charge in [0, 0.05) is 29.6 Å². The molecule has 0 saturated carbocycles. The molecule has 0 aliphatic rings. The van der Waals surface area contributed by atoms with Gasteiger partial charge in [-0.2, -0.15) is 0 Å². The normalized spacial score (nSPS) is 11.0. The summed E-state index contributed by atoms with van der Waals surface area (Å²) in [5.74, 6) is 0.708. The quantitative estimate of drug-likeness (QED) is 0.264. The first-order chi connectivity index (χ1) is 13.3. The molecule has 4 nitrogen and oxygen atoms in total. The molecule has 0 atom stereocenters. The van der Waals surface area contributed by atoms with Crippen LogP contribution in [0.15, 0.2) is 83.5 Å². The summed E-state index contributed by atoms with van der Waals surface area (Å²) in [6, 6.07) is 16.0. The van der Waals surface area contributed by atoms with Crippen LogP contribution < -0.4 is 5.56 Å². The van der Waals surface area contributed by atoms with E-state index in [9.17, 15) is 4.79 Å². The summed E-state index contributed by atoms with van der Waals surface area (Å²) in [4.78, 5) is 23.8. The maximum absolute atomic E-state index is 13.1. The van der Waals surface area contributed by atoms with Crippen molar-refractivity contribution in [2.24, 2.45) is 0 Å². The van der Waals surface area contributed by atoms with Gasteiger partial charge in [-0.1, -0.05) is 54.2 Å². The summed E-state index contributed by atoms with van der Waals surface area (Å²) in [7, 11) is 0. The standard InChI is InChI=1S/C21H17N3OS2/c1-2-11-24-20(25)17-12-18(16-8-4-3-5-9-16)27-19(17)23-21(24)26-14-15-7-6-10-22-13-15/h2-10,12-13H,1,11,14H2. The molecule has 4 aromatic rings. The Balaban J connectivity index is 1.76. The summed E-state index contributed by atoms with van der Waals surface area (Å²) in [6.07, 6.45) is 5.32. The minimum Gasteiger partial charge on any atom is -0.283 e. The van der Waals surface area contributed by atoms with Gasteiger partial charge in [0.05, 0.1) is 5.39 Å². The first-order valence-corrected chi connectivity index (χ1v) is 10.3. The monoisotopic (exact) mass is 391 g/mol. The molecule has 4 rings (SSSR count). The SMILES string of the molecule is C=CCn1c(SCc2cccnc2)nc2sc(-c3ccccc3)cc2c1=O. The number of nitrogens with zero attached hydrogens (tertiary/aromatic N) is 3. The third-order valence-corrected chi connectivity index (χ3v) is 6.20. The van der Waals surface area contributed by atoms with E-state index in [-0.39, 0.29) is 5.56 Å². The van der Waals surface area contributed by atoms with Crippen LogP contribution in [-0.2, 0) is 12.3 Å². The molecule has 0 fully saturated rings. The molecule has 0 unspecified atom stereocenters. The number of hydrogen-bond acceptors (Lipinski definition) is 5. The molecule has 1 aromatic carbocycles. The maximum Gasteiger partial charge on any atom is 0.263 e. The Bertz CT molecular complexity index is 1130. The van der Waals surface area contributed by atoms with Gasteiger partial charge >= 0.3 is 0 Å². The second-order valence-electron chi connectivity index (χ2n) is 5.94. The summed E-state index contributed by atoms with van der Waals surface area (Å²) < 4.78 is 1.69. The lowest BCUT2D eigenvalue weighted by molar-refractivity contribution is 0.673. The Morgan fingerprint density at radius 3 is 2.78 bits per heavy atom. The van der Waals surface area contributed by atoms with Crippen molar-refractivity contribution in [2.75, 3.05) is 0 Å². The molecule has 27 heavy (non-hydrogen) atoms. The van der Waals surface area contributed by atoms with Crippen LogP contribution in [0, 0.1) is 0 Å². The molecule has 0 amide bonds. The number of pyridine rings is 1. The van der Waals surface area contributed by atoms with Gasteiger partial charge in [-0.25, -0.2) is 4.98 Å². The van der Waals surface area contributed by atoms with Crippen molar-refractivity contribution in [1.82, 2.24) is 14.5 Å². The largest absolute Gasteiger partial charge is 0.283 e. The molecule has 0 radical (unpaired) electrons. The van der Waals surface area contributed by atoms with Crippen molar-refractivity contribution in [3.05, 3.63) is 89.5 Å². The number of allylic oxidation sites excluding steroid dienone is 1. The molecule has 6 heteroatoms. The van der Waals surface area contributed by atoms with Gasteiger partial charge in [0.1, 0.15) is 4.83 Å². The molecule has 0 spiro atoms. The number of hydrogen-bond donors (Lipinski definition) is 0. The van der Waals surface area contributed by atoms with E-state index in [1.807, 2.05) is 54.7 Å². The summed E-state index contributed by atoms with van der Waals surface area (Å²) >= 11 is 3.10. The lowest BCUT2D eigenvalue weighted by Gasteiger charge is -2.09. The molecule has 0 aliphatic heterocycles. The Labute approximate surface area is 165 Å². The fourth-order valence-corrected chi connectivity index (χ4v) is 4.79. The van der Waals surface area contributed by atoms with Crippen LogP contribution in [0.25, 0.3) is 20.7 Å². The average Bonchev–Trinajstić information content (AvgIpc) is 3.15. The zero-order chi connectivity index (χ0) is 18.6. The van der Waals surface area contributed by atoms with E-state index in [0.29, 0.717) is 22.8 Å². The van der Waals surface area contributed by atoms with Crippen molar-refractivity contribution < 1.29 is 0 Å². The zero-order valence-electron chi connectivity index (χ0n) is 14.5. The van der Waals surface area contributed by atoms with Crippen LogP contribution in [0.2, 0.25) is 0 Å². The van der Waals surface area contributed by atoms with E-state index < -0.39 is 0 Å². The summed E-state index contributed by atoms with van der Waals surface area (Å²) in [5.41, 5.74) is 2.17. The van der Waals surface area contributed by atoms with Crippen LogP contribution in [-0.4, -0.2) is 14.5 Å². The Morgan fingerprint density at radius 1 is 1.19 bits per heavy atom. The van der Waals surface area contributed by atoms with Crippen molar-refractivity contribution >= 4 is 33.3 Å². The van der Waals surface area contributed by atoms with Crippen LogP contribution in [0.4, 0.5) is 0 Å². The lowest BCUT2D eigenvalue weighted by atomic mass is 10.2. The highest BCUT2D eigenvalue weighted by Crippen LogP contribution is 2.32. The summed E-state index contributed by atoms with van der Waals surface area (Å²) in [6.45, 7) is 4.22. The molecule has 0 N–H and O–H groups in total. The Morgan fingerprint density at radius 2 is 2.04 bits per heavy atom. The zero-order valence-corrected chi connectivity index (χ0v) is 16.2. The predicted octanol–water partition coefficient (Wildman–Crippen LogP) is 5.00. The van der Waals surface area contributed by atoms with E-state index in [0.717, 1.165) is 20.8 Å². The molecule has 3 aromatic heterocycles. The van der Waals surface area contributed by atoms with Gasteiger partial charge in [0.25, 0.3) is 5.56 Å². The molecule has 134 valence electrons. The number of benzene rings is 1. The minimum absolute atomic E-state index is 0.0213. The van der Waals surface area contributed by atoms with Gasteiger partial charge in [-0.05, 0) is 23.3 Å². The van der Waals surface area contributed by atoms with Crippen molar-refractivity contribution in [3.8, 4) is 10.4 Å². The van der Waals surface area contributed by atoms with E-state index in [1.54, 1.807) is 39.9 Å². The van der Waals surface area contributed by atoms with E-state index >= 15 is 0 Å². The van der Waals surface area contributed by atoms with Gasteiger partial charge in [-0.15, -0.1) is 17.9 Å². The first kappa shape index (κ1) is 17.7. The van der Waals surface area contributed by atoms with Gasteiger partial charge in [0.2, 0.25) is 0 Å². The predicted molar refractivity (Wildman–Crippen MR) is 113 cm³/mol. The molecule has 0 bridgehead atoms. The third-order valence-electron chi connectivity index (χ3n) is 4.08. The molecular formula is C21H17N3OS2. The van der Waals surface area contributed by atoms with Crippen LogP contribution in [0.5, 0.6) is 0 Å². The molecule has 3 heterocycles. The fraction of sp³-hybridized carbons (Fsp3) is 0.0952.